The van der Waals surface area contributed by atoms with Crippen molar-refractivity contribution < 1.29 is 8.98 Å². The van der Waals surface area contributed by atoms with Crippen LogP contribution in [-0.4, -0.2) is 5.97 Å². The number of hydrogen-bond acceptors (Lipinski definition) is 2. The van der Waals surface area contributed by atoms with Gasteiger partial charge in [0.2, 0.25) is 0 Å². The van der Waals surface area contributed by atoms with Gasteiger partial charge in [0, 0.05) is 30.1 Å². The van der Waals surface area contributed by atoms with Gasteiger partial charge in [-0.05, 0) is 78.6 Å². The molecule has 0 aliphatic carbocycles. The molecule has 0 fully saturated rings. The van der Waals surface area contributed by atoms with Crippen LogP contribution < -0.4 is 0 Å². The molecule has 0 aliphatic rings. The third-order valence-corrected chi connectivity index (χ3v) is 9.25. The van der Waals surface area contributed by atoms with Crippen molar-refractivity contribution >= 4 is 64.1 Å². The molecule has 3 rings (SSSR count). The van der Waals surface area contributed by atoms with Gasteiger partial charge in [-0.15, -0.1) is 0 Å². The summed E-state index contributed by atoms with van der Waals surface area (Å²) < 4.78 is 8.82. The van der Waals surface area contributed by atoms with Gasteiger partial charge in [0.05, 0.1) is 4.90 Å². The Morgan fingerprint density at radius 3 is 1.62 bits per heavy atom. The molecule has 0 bridgehead atoms. The molecule has 0 unspecified atom stereocenters. The quantitative estimate of drug-likeness (QED) is 0.327. The lowest BCUT2D eigenvalue weighted by Gasteiger charge is -2.40. The summed E-state index contributed by atoms with van der Waals surface area (Å²) in [7, 11) is -2.27. The van der Waals surface area contributed by atoms with Crippen molar-refractivity contribution in [3.8, 4) is 0 Å². The fraction of sp³-hybridized carbons (Fsp3) is 0.0500. The van der Waals surface area contributed by atoms with E-state index in [1.165, 1.54) is 6.92 Å². The van der Waals surface area contributed by atoms with Gasteiger partial charge in [0.15, 0.2) is 0 Å². The average molecular weight is 559 g/mol. The van der Waals surface area contributed by atoms with E-state index in [0.29, 0.717) is 0 Å². The molecule has 6 heteroatoms. The zero-order chi connectivity index (χ0) is 18.7. The number of rotatable bonds is 4. The van der Waals surface area contributed by atoms with Crippen LogP contribution in [0.15, 0.2) is 101 Å². The Kier molecular flexibility index (Phi) is 6.28. The second kappa shape index (κ2) is 8.30. The van der Waals surface area contributed by atoms with E-state index >= 15 is 0 Å². The van der Waals surface area contributed by atoms with Gasteiger partial charge in [-0.1, -0.05) is 52.3 Å². The molecule has 0 atom stereocenters. The monoisotopic (exact) mass is 556 g/mol. The Balaban J connectivity index is 2.44. The number of benzene rings is 3. The summed E-state index contributed by atoms with van der Waals surface area (Å²) in [6.07, 6.45) is 0. The molecule has 3 aromatic carbocycles. The molecule has 0 N–H and O–H groups in total. The topological polar surface area (TPSA) is 26.3 Å². The lowest BCUT2D eigenvalue weighted by molar-refractivity contribution is -0.131. The zero-order valence-corrected chi connectivity index (χ0v) is 19.4. The van der Waals surface area contributed by atoms with Crippen LogP contribution in [-0.2, 0) is 8.98 Å². The maximum Gasteiger partial charge on any atom is 0.313 e. The first-order chi connectivity index (χ1) is 12.4. The summed E-state index contributed by atoms with van der Waals surface area (Å²) in [5.41, 5.74) is 0. The van der Waals surface area contributed by atoms with Crippen molar-refractivity contribution in [2.24, 2.45) is 0 Å². The van der Waals surface area contributed by atoms with Crippen LogP contribution in [0.1, 0.15) is 6.92 Å². The summed E-state index contributed by atoms with van der Waals surface area (Å²) in [5, 5.41) is 0. The standard InChI is InChI=1S/C20H15Br3O2S/c1-14(24)25-26(16-8-4-2-5-9-16,17-10-6-3-7-11-17)20-18(22)12-15(21)13-19(20)23/h2-13H,1H3. The van der Waals surface area contributed by atoms with Crippen LogP contribution in [0.3, 0.4) is 0 Å². The maximum atomic E-state index is 12.2. The molecule has 3 aromatic rings. The molecule has 0 aromatic heterocycles. The van der Waals surface area contributed by atoms with Gasteiger partial charge in [0.1, 0.15) is 0 Å². The van der Waals surface area contributed by atoms with Gasteiger partial charge in [-0.25, -0.2) is 0 Å². The number of halogens is 3. The van der Waals surface area contributed by atoms with Gasteiger partial charge in [0.25, 0.3) is 0 Å². The smallest absolute Gasteiger partial charge is 0.313 e. The summed E-state index contributed by atoms with van der Waals surface area (Å²) in [6, 6.07) is 23.7. The lowest BCUT2D eigenvalue weighted by atomic mass is 10.4. The Hall–Kier alpha value is -1.08. The molecule has 0 saturated carbocycles. The molecule has 0 radical (unpaired) electrons. The van der Waals surface area contributed by atoms with E-state index in [0.717, 1.165) is 28.1 Å². The first-order valence-electron chi connectivity index (χ1n) is 7.73. The zero-order valence-electron chi connectivity index (χ0n) is 13.8. The summed E-state index contributed by atoms with van der Waals surface area (Å²) >= 11 is 10.9. The Morgan fingerprint density at radius 2 is 1.23 bits per heavy atom. The minimum Gasteiger partial charge on any atom is -0.402 e. The Labute approximate surface area is 179 Å². The number of carbonyl (C=O) groups is 1. The van der Waals surface area contributed by atoms with Crippen molar-refractivity contribution in [3.05, 3.63) is 86.2 Å². The van der Waals surface area contributed by atoms with Crippen LogP contribution in [0.2, 0.25) is 0 Å². The Bertz CT molecular complexity index is 868. The second-order valence-corrected chi connectivity index (χ2v) is 10.7. The highest BCUT2D eigenvalue weighted by Crippen LogP contribution is 2.72. The van der Waals surface area contributed by atoms with E-state index in [2.05, 4.69) is 47.8 Å². The first-order valence-corrected chi connectivity index (χ1v) is 11.7. The van der Waals surface area contributed by atoms with E-state index < -0.39 is 10.3 Å². The third-order valence-electron chi connectivity index (χ3n) is 3.64. The normalized spacial score (nSPS) is 11.8. The second-order valence-electron chi connectivity index (χ2n) is 5.46. The van der Waals surface area contributed by atoms with Crippen LogP contribution in [0.25, 0.3) is 0 Å². The highest BCUT2D eigenvalue weighted by molar-refractivity contribution is 9.11. The van der Waals surface area contributed by atoms with Crippen LogP contribution >= 0.6 is 58.1 Å². The fourth-order valence-electron chi connectivity index (χ4n) is 2.71. The SMILES string of the molecule is CC(=O)OS(c1ccccc1)(c1ccccc1)c1c(Br)cc(Br)cc1Br. The van der Waals surface area contributed by atoms with Crippen molar-refractivity contribution in [3.63, 3.8) is 0 Å². The van der Waals surface area contributed by atoms with E-state index in [-0.39, 0.29) is 5.97 Å². The Morgan fingerprint density at radius 1 is 0.808 bits per heavy atom. The van der Waals surface area contributed by atoms with E-state index in [9.17, 15) is 4.79 Å². The molecule has 2 nitrogen and oxygen atoms in total. The largest absolute Gasteiger partial charge is 0.402 e. The van der Waals surface area contributed by atoms with Gasteiger partial charge < -0.3 is 4.18 Å². The van der Waals surface area contributed by atoms with E-state index in [4.69, 9.17) is 4.18 Å². The number of carbonyl (C=O) groups excluding carboxylic acids is 1. The number of hydrogen-bond donors (Lipinski definition) is 0. The van der Waals surface area contributed by atoms with Crippen LogP contribution in [0.4, 0.5) is 0 Å². The van der Waals surface area contributed by atoms with Gasteiger partial charge in [-0.3, -0.25) is 4.79 Å². The molecular weight excluding hydrogens is 544 g/mol. The molecule has 0 aliphatic heterocycles. The van der Waals surface area contributed by atoms with Crippen molar-refractivity contribution in [2.75, 3.05) is 0 Å². The highest BCUT2D eigenvalue weighted by atomic mass is 79.9. The molecule has 0 saturated heterocycles. The van der Waals surface area contributed by atoms with Gasteiger partial charge >= 0.3 is 5.97 Å². The molecule has 0 amide bonds. The maximum absolute atomic E-state index is 12.2. The minimum absolute atomic E-state index is 0.325. The summed E-state index contributed by atoms with van der Waals surface area (Å²) in [5.74, 6) is -0.325. The van der Waals surface area contributed by atoms with E-state index in [1.54, 1.807) is 0 Å². The average Bonchev–Trinajstić information content (AvgIpc) is 2.61. The van der Waals surface area contributed by atoms with Gasteiger partial charge in [-0.2, -0.15) is 0 Å². The lowest BCUT2D eigenvalue weighted by Crippen LogP contribution is -2.12. The predicted molar refractivity (Wildman–Crippen MR) is 117 cm³/mol. The van der Waals surface area contributed by atoms with Crippen molar-refractivity contribution in [1.82, 2.24) is 0 Å². The van der Waals surface area contributed by atoms with Crippen molar-refractivity contribution in [2.45, 2.75) is 21.6 Å². The molecular formula is C20H15Br3O2S. The van der Waals surface area contributed by atoms with Crippen molar-refractivity contribution in [1.29, 1.82) is 0 Å². The predicted octanol–water partition coefficient (Wildman–Crippen LogP) is 7.73. The van der Waals surface area contributed by atoms with E-state index in [1.807, 2.05) is 72.8 Å². The summed E-state index contributed by atoms with van der Waals surface area (Å²) in [4.78, 5) is 15.0. The first kappa shape index (κ1) is 19.7. The third kappa shape index (κ3) is 3.79. The molecule has 134 valence electrons. The van der Waals surface area contributed by atoms with Crippen LogP contribution in [0, 0.1) is 0 Å². The summed E-state index contributed by atoms with van der Waals surface area (Å²) in [6.45, 7) is 1.45. The highest BCUT2D eigenvalue weighted by Gasteiger charge is 2.38. The van der Waals surface area contributed by atoms with Crippen LogP contribution in [0.5, 0.6) is 0 Å². The fourth-order valence-corrected chi connectivity index (χ4v) is 9.46. The molecule has 0 spiro atoms. The molecule has 0 heterocycles. The minimum atomic E-state index is -2.27. The molecule has 26 heavy (non-hydrogen) atoms.